The Morgan fingerprint density at radius 2 is 2.15 bits per heavy atom. The maximum atomic E-state index is 14.3. The lowest BCUT2D eigenvalue weighted by Crippen LogP contribution is -2.23. The fraction of sp³-hybridized carbons (Fsp3) is 0.0588. The van der Waals surface area contributed by atoms with Crippen molar-refractivity contribution in [3.63, 3.8) is 0 Å². The predicted molar refractivity (Wildman–Crippen MR) is 96.0 cm³/mol. The number of benzene rings is 1. The Bertz CT molecular complexity index is 995. The number of Topliss-reactive ketones (excluding diaryl/α,β-unsaturated/α-hetero) is 2. The zero-order valence-electron chi connectivity index (χ0n) is 13.4. The van der Waals surface area contributed by atoms with Crippen molar-refractivity contribution in [1.29, 1.82) is 0 Å². The first-order valence-electron chi connectivity index (χ1n) is 7.39. The topological polar surface area (TPSA) is 89.5 Å². The van der Waals surface area contributed by atoms with Crippen LogP contribution in [0.4, 0.5) is 10.1 Å². The van der Waals surface area contributed by atoms with Gasteiger partial charge in [0.15, 0.2) is 17.3 Å². The molecule has 0 spiro atoms. The molecule has 0 radical (unpaired) electrons. The Morgan fingerprint density at radius 1 is 1.35 bits per heavy atom. The van der Waals surface area contributed by atoms with Crippen molar-refractivity contribution >= 4 is 38.9 Å². The summed E-state index contributed by atoms with van der Waals surface area (Å²) in [6, 6.07) is 7.54. The Labute approximate surface area is 155 Å². The third-order valence-corrected chi connectivity index (χ3v) is 4.01. The summed E-state index contributed by atoms with van der Waals surface area (Å²) in [6.07, 6.45) is 4.55. The molecule has 0 saturated carbocycles. The summed E-state index contributed by atoms with van der Waals surface area (Å²) in [5, 5.41) is 7.78. The van der Waals surface area contributed by atoms with Crippen LogP contribution < -0.4 is 5.43 Å². The molecule has 26 heavy (non-hydrogen) atoms. The van der Waals surface area contributed by atoms with E-state index >= 15 is 0 Å². The summed E-state index contributed by atoms with van der Waals surface area (Å²) in [4.78, 5) is 24.1. The zero-order chi connectivity index (χ0) is 18.7. The van der Waals surface area contributed by atoms with Crippen LogP contribution >= 0.6 is 15.9 Å². The number of aromatic nitrogens is 2. The van der Waals surface area contributed by atoms with E-state index in [0.29, 0.717) is 10.2 Å². The highest BCUT2D eigenvalue weighted by Crippen LogP contribution is 2.20. The first kappa shape index (κ1) is 17.7. The number of carbonyl (C=O) groups excluding carboxylic acids is 2. The van der Waals surface area contributed by atoms with Gasteiger partial charge in [-0.2, -0.15) is 10.2 Å². The minimum absolute atomic E-state index is 0.00552. The molecule has 9 heteroatoms. The highest BCUT2D eigenvalue weighted by Gasteiger charge is 2.24. The molecule has 2 aromatic heterocycles. The number of hydrogen-bond donors (Lipinski definition) is 1. The van der Waals surface area contributed by atoms with Gasteiger partial charge >= 0.3 is 0 Å². The van der Waals surface area contributed by atoms with Crippen LogP contribution in [0, 0.1) is 5.82 Å². The van der Waals surface area contributed by atoms with Gasteiger partial charge in [0.05, 0.1) is 22.1 Å². The molecular formula is C17H12BrFN4O3. The molecule has 3 rings (SSSR count). The van der Waals surface area contributed by atoms with Gasteiger partial charge in [-0.05, 0) is 40.2 Å². The second kappa shape index (κ2) is 7.44. The molecule has 0 amide bonds. The second-order valence-corrected chi connectivity index (χ2v) is 6.02. The van der Waals surface area contributed by atoms with Crippen LogP contribution in [0.25, 0.3) is 5.69 Å². The Morgan fingerprint density at radius 3 is 2.73 bits per heavy atom. The molecule has 7 nitrogen and oxygen atoms in total. The Balaban J connectivity index is 1.85. The molecule has 0 atom stereocenters. The molecule has 0 fully saturated rings. The lowest BCUT2D eigenvalue weighted by molar-refractivity contribution is -0.111. The predicted octanol–water partition coefficient (Wildman–Crippen LogP) is 3.61. The summed E-state index contributed by atoms with van der Waals surface area (Å²) in [7, 11) is 0. The average Bonchev–Trinajstić information content (AvgIpc) is 3.27. The lowest BCUT2D eigenvalue weighted by Gasteiger charge is -2.07. The monoisotopic (exact) mass is 418 g/mol. The number of hydrogen-bond acceptors (Lipinski definition) is 6. The van der Waals surface area contributed by atoms with E-state index in [0.717, 1.165) is 0 Å². The number of nitrogens with zero attached hydrogens (tertiary/aromatic N) is 3. The minimum Gasteiger partial charge on any atom is -0.460 e. The third kappa shape index (κ3) is 3.62. The van der Waals surface area contributed by atoms with Crippen LogP contribution in [0.15, 0.2) is 63.0 Å². The SMILES string of the molecule is CC(=O)/C(=N\Nc1ccc(-n2cccn2)cc1F)C(=O)c1occc1Br. The van der Waals surface area contributed by atoms with Crippen molar-refractivity contribution in [3.05, 3.63) is 65.0 Å². The molecule has 0 aliphatic heterocycles. The first-order chi connectivity index (χ1) is 12.5. The van der Waals surface area contributed by atoms with Crippen molar-refractivity contribution in [2.75, 3.05) is 5.43 Å². The average molecular weight is 419 g/mol. The zero-order valence-corrected chi connectivity index (χ0v) is 15.0. The normalized spacial score (nSPS) is 11.4. The van der Waals surface area contributed by atoms with Gasteiger partial charge in [0.2, 0.25) is 0 Å². The number of ketones is 2. The standard InChI is InChI=1S/C17H12BrFN4O3/c1-10(24)15(16(25)17-12(18)5-8-26-17)22-21-14-4-3-11(9-13(14)19)23-7-2-6-20-23/h2-9,21H,1H3/b22-15+. The molecule has 1 aromatic carbocycles. The van der Waals surface area contributed by atoms with E-state index in [2.05, 4.69) is 31.6 Å². The summed E-state index contributed by atoms with van der Waals surface area (Å²) < 4.78 is 21.2. The smallest absolute Gasteiger partial charge is 0.253 e. The Hall–Kier alpha value is -3.07. The van der Waals surface area contributed by atoms with Crippen molar-refractivity contribution in [1.82, 2.24) is 9.78 Å². The number of rotatable bonds is 6. The molecule has 132 valence electrons. The lowest BCUT2D eigenvalue weighted by atomic mass is 10.1. The molecular weight excluding hydrogens is 407 g/mol. The number of furan rings is 1. The highest BCUT2D eigenvalue weighted by atomic mass is 79.9. The van der Waals surface area contributed by atoms with Crippen molar-refractivity contribution in [3.8, 4) is 5.69 Å². The van der Waals surface area contributed by atoms with E-state index in [9.17, 15) is 14.0 Å². The molecule has 1 N–H and O–H groups in total. The Kier molecular flexibility index (Phi) is 5.08. The second-order valence-electron chi connectivity index (χ2n) is 5.17. The summed E-state index contributed by atoms with van der Waals surface area (Å²) >= 11 is 3.15. The highest BCUT2D eigenvalue weighted by molar-refractivity contribution is 9.10. The fourth-order valence-corrected chi connectivity index (χ4v) is 2.51. The number of hydrazone groups is 1. The van der Waals surface area contributed by atoms with Gasteiger partial charge in [-0.15, -0.1) is 0 Å². The quantitative estimate of drug-likeness (QED) is 0.285. The van der Waals surface area contributed by atoms with Crippen LogP contribution in [0.5, 0.6) is 0 Å². The minimum atomic E-state index is -0.713. The van der Waals surface area contributed by atoms with E-state index in [-0.39, 0.29) is 11.4 Å². The molecule has 0 aliphatic rings. The van der Waals surface area contributed by atoms with Crippen LogP contribution in [-0.4, -0.2) is 27.1 Å². The van der Waals surface area contributed by atoms with Crippen molar-refractivity contribution < 1.29 is 18.4 Å². The van der Waals surface area contributed by atoms with Crippen LogP contribution in [-0.2, 0) is 4.79 Å². The van der Waals surface area contributed by atoms with E-state index in [1.807, 2.05) is 0 Å². The molecule has 0 aliphatic carbocycles. The van der Waals surface area contributed by atoms with Crippen molar-refractivity contribution in [2.24, 2.45) is 5.10 Å². The summed E-state index contributed by atoms with van der Waals surface area (Å²) in [6.45, 7) is 1.19. The molecule has 0 saturated heterocycles. The van der Waals surface area contributed by atoms with Crippen LogP contribution in [0.3, 0.4) is 0 Å². The van der Waals surface area contributed by atoms with E-state index in [1.54, 1.807) is 24.5 Å². The van der Waals surface area contributed by atoms with Gasteiger partial charge in [0.25, 0.3) is 5.78 Å². The number of carbonyl (C=O) groups is 2. The fourth-order valence-electron chi connectivity index (χ4n) is 2.13. The number of halogens is 2. The third-order valence-electron chi connectivity index (χ3n) is 3.38. The summed E-state index contributed by atoms with van der Waals surface area (Å²) in [5.74, 6) is -1.97. The summed E-state index contributed by atoms with van der Waals surface area (Å²) in [5.41, 5.74) is 2.53. The van der Waals surface area contributed by atoms with Gasteiger partial charge in [0.1, 0.15) is 5.82 Å². The molecule has 0 bridgehead atoms. The van der Waals surface area contributed by atoms with Crippen LogP contribution in [0.1, 0.15) is 17.5 Å². The number of nitrogens with one attached hydrogen (secondary N) is 1. The molecule has 0 unspecified atom stereocenters. The van der Waals surface area contributed by atoms with Gasteiger partial charge in [0, 0.05) is 25.4 Å². The van der Waals surface area contributed by atoms with Gasteiger partial charge in [-0.1, -0.05) is 0 Å². The van der Waals surface area contributed by atoms with Gasteiger partial charge < -0.3 is 4.42 Å². The largest absolute Gasteiger partial charge is 0.460 e. The maximum absolute atomic E-state index is 14.3. The van der Waals surface area contributed by atoms with E-state index in [4.69, 9.17) is 4.42 Å². The first-order valence-corrected chi connectivity index (χ1v) is 8.18. The van der Waals surface area contributed by atoms with Gasteiger partial charge in [-0.3, -0.25) is 15.0 Å². The maximum Gasteiger partial charge on any atom is 0.253 e. The van der Waals surface area contributed by atoms with Gasteiger partial charge in [-0.25, -0.2) is 9.07 Å². The molecule has 3 aromatic rings. The van der Waals surface area contributed by atoms with E-state index < -0.39 is 23.1 Å². The van der Waals surface area contributed by atoms with Crippen LogP contribution in [0.2, 0.25) is 0 Å². The number of anilines is 1. The van der Waals surface area contributed by atoms with Crippen molar-refractivity contribution in [2.45, 2.75) is 6.92 Å². The molecule has 2 heterocycles. The van der Waals surface area contributed by atoms with E-state index in [1.165, 1.54) is 36.1 Å².